The zero-order chi connectivity index (χ0) is 24.1. The first kappa shape index (κ1) is 21.9. The van der Waals surface area contributed by atoms with E-state index in [4.69, 9.17) is 5.21 Å². The highest BCUT2D eigenvalue weighted by Crippen LogP contribution is 2.42. The number of aromatic nitrogens is 3. The van der Waals surface area contributed by atoms with E-state index in [9.17, 15) is 22.7 Å². The number of hydrogen-bond acceptors (Lipinski definition) is 4. The highest BCUT2D eigenvalue weighted by atomic mass is 19.4. The molecule has 0 bridgehead atoms. The van der Waals surface area contributed by atoms with E-state index in [2.05, 4.69) is 5.10 Å². The Bertz CT molecular complexity index is 1490. The quantitative estimate of drug-likeness (QED) is 0.239. The van der Waals surface area contributed by atoms with Gasteiger partial charge in [0.15, 0.2) is 0 Å². The van der Waals surface area contributed by atoms with Gasteiger partial charge in [-0.15, -0.1) is 0 Å². The number of aliphatic hydroxyl groups is 1. The second-order valence-electron chi connectivity index (χ2n) is 7.99. The average molecular weight is 470 g/mol. The largest absolute Gasteiger partial charge is 0.423 e. The fourth-order valence-corrected chi connectivity index (χ4v) is 4.08. The predicted molar refractivity (Wildman–Crippen MR) is 118 cm³/mol. The van der Waals surface area contributed by atoms with Gasteiger partial charge in [0.05, 0.1) is 29.6 Å². The van der Waals surface area contributed by atoms with Crippen LogP contribution in [0, 0.1) is 5.82 Å². The number of anilines is 1. The average Bonchev–Trinajstić information content (AvgIpc) is 3.42. The van der Waals surface area contributed by atoms with Gasteiger partial charge in [-0.05, 0) is 66.2 Å². The van der Waals surface area contributed by atoms with Crippen molar-refractivity contribution in [1.82, 2.24) is 14.3 Å². The summed E-state index contributed by atoms with van der Waals surface area (Å²) in [5.41, 5.74) is 0.392. The molecular weight excluding hydrogens is 452 g/mol. The lowest BCUT2D eigenvalue weighted by molar-refractivity contribution is -0.271. The normalized spacial score (nSPS) is 13.9. The second kappa shape index (κ2) is 7.86. The molecule has 0 amide bonds. The molecule has 0 aliphatic rings. The zero-order valence-electron chi connectivity index (χ0n) is 17.5. The smallest absolute Gasteiger partial charge is 0.375 e. The topological polar surface area (TPSA) is 75.2 Å². The van der Waals surface area contributed by atoms with Gasteiger partial charge in [-0.25, -0.2) is 9.07 Å². The second-order valence-corrected chi connectivity index (χ2v) is 7.99. The minimum Gasteiger partial charge on any atom is -0.375 e. The molecule has 2 aromatic heterocycles. The maximum atomic E-state index is 14.2. The van der Waals surface area contributed by atoms with Gasteiger partial charge in [-0.2, -0.15) is 18.3 Å². The van der Waals surface area contributed by atoms with E-state index in [0.717, 1.165) is 0 Å². The van der Waals surface area contributed by atoms with Gasteiger partial charge in [-0.1, -0.05) is 6.07 Å². The maximum Gasteiger partial charge on any atom is 0.423 e. The fourth-order valence-electron chi connectivity index (χ4n) is 4.08. The Morgan fingerprint density at radius 1 is 0.882 bits per heavy atom. The van der Waals surface area contributed by atoms with Crippen molar-refractivity contribution in [3.8, 4) is 5.69 Å². The lowest BCUT2D eigenvalue weighted by atomic mass is 9.91. The van der Waals surface area contributed by atoms with Gasteiger partial charge in [0, 0.05) is 22.5 Å². The van der Waals surface area contributed by atoms with Crippen molar-refractivity contribution in [2.24, 2.45) is 0 Å². The molecule has 0 spiro atoms. The number of nitrogens with one attached hydrogen (secondary N) is 1. The molecule has 1 atom stereocenters. The molecule has 0 fully saturated rings. The van der Waals surface area contributed by atoms with Crippen LogP contribution in [0.25, 0.3) is 27.5 Å². The number of rotatable bonds is 5. The van der Waals surface area contributed by atoms with Gasteiger partial charge < -0.3 is 9.67 Å². The Labute approximate surface area is 190 Å². The Hall–Kier alpha value is -3.89. The standard InChI is InChI=1S/C24H18F4N4O2/c25-18-2-5-20(6-3-18)32-22-7-1-17(11-16(22)13-29-32)23(33,24(26,27)28)14-31-10-9-15-12-19(30-34)4-8-21(15)31/h1-13,30,33-34H,14H2. The molecule has 0 aliphatic heterocycles. The molecule has 0 aliphatic carbocycles. The van der Waals surface area contributed by atoms with Crippen LogP contribution in [0.1, 0.15) is 5.56 Å². The van der Waals surface area contributed by atoms with Crippen LogP contribution in [-0.2, 0) is 12.1 Å². The molecule has 2 heterocycles. The minimum atomic E-state index is -4.98. The molecule has 174 valence electrons. The number of benzene rings is 3. The number of halogens is 4. The van der Waals surface area contributed by atoms with Gasteiger partial charge in [0.25, 0.3) is 0 Å². The molecule has 5 aromatic rings. The molecule has 0 saturated carbocycles. The molecule has 5 rings (SSSR count). The molecule has 34 heavy (non-hydrogen) atoms. The summed E-state index contributed by atoms with van der Waals surface area (Å²) in [6.45, 7) is -0.774. The van der Waals surface area contributed by atoms with Crippen LogP contribution in [0.4, 0.5) is 23.2 Å². The highest BCUT2D eigenvalue weighted by molar-refractivity contribution is 5.84. The third-order valence-corrected chi connectivity index (χ3v) is 5.88. The molecule has 0 radical (unpaired) electrons. The Morgan fingerprint density at radius 3 is 2.32 bits per heavy atom. The van der Waals surface area contributed by atoms with Crippen LogP contribution >= 0.6 is 0 Å². The Balaban J connectivity index is 1.57. The molecule has 6 nitrogen and oxygen atoms in total. The van der Waals surface area contributed by atoms with E-state index < -0.39 is 24.1 Å². The Morgan fingerprint density at radius 2 is 1.62 bits per heavy atom. The van der Waals surface area contributed by atoms with Crippen LogP contribution in [0.2, 0.25) is 0 Å². The first-order valence-electron chi connectivity index (χ1n) is 10.2. The van der Waals surface area contributed by atoms with Gasteiger partial charge in [-0.3, -0.25) is 10.7 Å². The van der Waals surface area contributed by atoms with E-state index >= 15 is 0 Å². The minimum absolute atomic E-state index is 0.332. The van der Waals surface area contributed by atoms with Gasteiger partial charge in [0.2, 0.25) is 5.60 Å². The summed E-state index contributed by atoms with van der Waals surface area (Å²) in [4.78, 5) is 0. The summed E-state index contributed by atoms with van der Waals surface area (Å²) < 4.78 is 58.8. The lowest BCUT2D eigenvalue weighted by Gasteiger charge is -2.32. The summed E-state index contributed by atoms with van der Waals surface area (Å²) >= 11 is 0. The molecule has 1 unspecified atom stereocenters. The van der Waals surface area contributed by atoms with Gasteiger partial charge in [0.1, 0.15) is 5.82 Å². The predicted octanol–water partition coefficient (Wildman–Crippen LogP) is 5.37. The third-order valence-electron chi connectivity index (χ3n) is 5.88. The van der Waals surface area contributed by atoms with Crippen molar-refractivity contribution in [2.45, 2.75) is 18.3 Å². The number of alkyl halides is 3. The molecule has 0 saturated heterocycles. The van der Waals surface area contributed by atoms with E-state index in [1.807, 2.05) is 5.48 Å². The third kappa shape index (κ3) is 3.57. The highest BCUT2D eigenvalue weighted by Gasteiger charge is 2.55. The van der Waals surface area contributed by atoms with Crippen LogP contribution < -0.4 is 5.48 Å². The van der Waals surface area contributed by atoms with Crippen LogP contribution in [0.5, 0.6) is 0 Å². The summed E-state index contributed by atoms with van der Waals surface area (Å²) in [6, 6.07) is 15.7. The number of hydrogen-bond donors (Lipinski definition) is 3. The first-order chi connectivity index (χ1) is 16.2. The van der Waals surface area contributed by atoms with E-state index in [0.29, 0.717) is 33.2 Å². The number of nitrogens with zero attached hydrogens (tertiary/aromatic N) is 3. The number of fused-ring (bicyclic) bond motifs is 2. The van der Waals surface area contributed by atoms with Crippen molar-refractivity contribution < 1.29 is 27.9 Å². The zero-order valence-corrected chi connectivity index (χ0v) is 17.5. The summed E-state index contributed by atoms with van der Waals surface area (Å²) in [7, 11) is 0. The Kier molecular flexibility index (Phi) is 5.07. The van der Waals surface area contributed by atoms with E-state index in [1.165, 1.54) is 70.2 Å². The van der Waals surface area contributed by atoms with Crippen molar-refractivity contribution in [2.75, 3.05) is 5.48 Å². The van der Waals surface area contributed by atoms with Crippen LogP contribution in [0.15, 0.2) is 79.1 Å². The molecule has 10 heteroatoms. The van der Waals surface area contributed by atoms with Crippen molar-refractivity contribution >= 4 is 27.5 Å². The maximum absolute atomic E-state index is 14.2. The van der Waals surface area contributed by atoms with E-state index in [1.54, 1.807) is 18.2 Å². The first-order valence-corrected chi connectivity index (χ1v) is 10.2. The van der Waals surface area contributed by atoms with Crippen LogP contribution in [0.3, 0.4) is 0 Å². The summed E-state index contributed by atoms with van der Waals surface area (Å²) in [6.07, 6.45) is -2.13. The van der Waals surface area contributed by atoms with E-state index in [-0.39, 0.29) is 5.56 Å². The SMILES string of the molecule is ONc1ccc2c(ccn2CC(O)(c2ccc3c(cnn3-c3ccc(F)cc3)c2)C(F)(F)F)c1. The van der Waals surface area contributed by atoms with Crippen molar-refractivity contribution in [1.29, 1.82) is 0 Å². The van der Waals surface area contributed by atoms with Gasteiger partial charge >= 0.3 is 6.18 Å². The fraction of sp³-hybridized carbons (Fsp3) is 0.125. The van der Waals surface area contributed by atoms with Crippen molar-refractivity contribution in [3.05, 3.63) is 90.5 Å². The summed E-state index contributed by atoms with van der Waals surface area (Å²) in [5, 5.41) is 25.2. The molecular formula is C24H18F4N4O2. The summed E-state index contributed by atoms with van der Waals surface area (Å²) in [5.74, 6) is -0.417. The molecule has 3 aromatic carbocycles. The monoisotopic (exact) mass is 470 g/mol. The van der Waals surface area contributed by atoms with Crippen LogP contribution in [-0.4, -0.2) is 30.8 Å². The molecule has 3 N–H and O–H groups in total. The lowest BCUT2D eigenvalue weighted by Crippen LogP contribution is -2.45. The van der Waals surface area contributed by atoms with Crippen molar-refractivity contribution in [3.63, 3.8) is 0 Å².